The number of hydrogen-bond acceptors (Lipinski definition) is 3. The lowest BCUT2D eigenvalue weighted by atomic mass is 10.3. The van der Waals surface area contributed by atoms with Crippen LogP contribution >= 0.6 is 11.3 Å². The molecule has 0 saturated heterocycles. The molecular weight excluding hydrogens is 284 g/mol. The molecular formula is C15H18N4OS. The fourth-order valence-electron chi connectivity index (χ4n) is 2.34. The van der Waals surface area contributed by atoms with Gasteiger partial charge in [0.25, 0.3) is 5.91 Å². The lowest BCUT2D eigenvalue weighted by Gasteiger charge is -2.06. The van der Waals surface area contributed by atoms with Gasteiger partial charge < -0.3 is 14.9 Å². The zero-order chi connectivity index (χ0) is 14.8. The van der Waals surface area contributed by atoms with Crippen molar-refractivity contribution in [2.75, 3.05) is 6.54 Å². The van der Waals surface area contributed by atoms with Crippen molar-refractivity contribution in [2.45, 2.75) is 26.8 Å². The fourth-order valence-corrected chi connectivity index (χ4v) is 3.28. The van der Waals surface area contributed by atoms with Gasteiger partial charge in [-0.25, -0.2) is 4.98 Å². The summed E-state index contributed by atoms with van der Waals surface area (Å²) in [6, 6.07) is 1.92. The second-order valence-corrected chi connectivity index (χ2v) is 6.03. The van der Waals surface area contributed by atoms with Crippen molar-refractivity contribution in [2.24, 2.45) is 0 Å². The van der Waals surface area contributed by atoms with Crippen LogP contribution in [0.15, 0.2) is 23.8 Å². The predicted octanol–water partition coefficient (Wildman–Crippen LogP) is 2.86. The van der Waals surface area contributed by atoms with Crippen LogP contribution in [0.5, 0.6) is 0 Å². The maximum atomic E-state index is 12.1. The van der Waals surface area contributed by atoms with Crippen molar-refractivity contribution in [3.05, 3.63) is 40.9 Å². The Morgan fingerprint density at radius 1 is 1.48 bits per heavy atom. The van der Waals surface area contributed by atoms with Crippen LogP contribution < -0.4 is 5.32 Å². The number of carbonyl (C=O) groups is 1. The van der Waals surface area contributed by atoms with E-state index in [1.165, 1.54) is 5.56 Å². The predicted molar refractivity (Wildman–Crippen MR) is 84.8 cm³/mol. The van der Waals surface area contributed by atoms with Crippen LogP contribution in [0.3, 0.4) is 0 Å². The van der Waals surface area contributed by atoms with Gasteiger partial charge in [0, 0.05) is 25.5 Å². The van der Waals surface area contributed by atoms with Crippen molar-refractivity contribution < 1.29 is 4.79 Å². The summed E-state index contributed by atoms with van der Waals surface area (Å²) < 4.78 is 3.21. The zero-order valence-corrected chi connectivity index (χ0v) is 13.0. The first-order valence-corrected chi connectivity index (χ1v) is 7.86. The fraction of sp³-hybridized carbons (Fsp3) is 0.333. The Bertz CT molecular complexity index is 768. The third-order valence-corrected chi connectivity index (χ3v) is 4.62. The Labute approximate surface area is 127 Å². The molecule has 0 bridgehead atoms. The minimum atomic E-state index is -0.0415. The van der Waals surface area contributed by atoms with Gasteiger partial charge in [-0.15, -0.1) is 11.3 Å². The molecule has 110 valence electrons. The largest absolute Gasteiger partial charge is 0.351 e. The van der Waals surface area contributed by atoms with E-state index in [1.54, 1.807) is 17.5 Å². The number of carbonyl (C=O) groups excluding carboxylic acids is 1. The lowest BCUT2D eigenvalue weighted by Crippen LogP contribution is -2.25. The Morgan fingerprint density at radius 2 is 2.33 bits per heavy atom. The molecule has 0 atom stereocenters. The molecule has 6 heteroatoms. The number of H-pyrrole nitrogens is 1. The Kier molecular flexibility index (Phi) is 3.79. The number of hydrogen-bond donors (Lipinski definition) is 2. The molecule has 3 rings (SSSR count). The van der Waals surface area contributed by atoms with Gasteiger partial charge in [-0.2, -0.15) is 0 Å². The van der Waals surface area contributed by atoms with Crippen LogP contribution in [0.1, 0.15) is 28.3 Å². The van der Waals surface area contributed by atoms with Crippen LogP contribution in [0.25, 0.3) is 10.2 Å². The minimum Gasteiger partial charge on any atom is -0.351 e. The van der Waals surface area contributed by atoms with Crippen molar-refractivity contribution in [1.82, 2.24) is 19.9 Å². The lowest BCUT2D eigenvalue weighted by molar-refractivity contribution is 0.0948. The molecule has 21 heavy (non-hydrogen) atoms. The van der Waals surface area contributed by atoms with Crippen LogP contribution in [0, 0.1) is 13.8 Å². The van der Waals surface area contributed by atoms with E-state index < -0.39 is 0 Å². The molecule has 2 N–H and O–H groups in total. The SMILES string of the molecule is Cc1csc2cc(C(=O)NCCCn3ccnc3C)[nH]c12. The summed E-state index contributed by atoms with van der Waals surface area (Å²) in [5.74, 6) is 0.960. The van der Waals surface area contributed by atoms with Gasteiger partial charge in [0.1, 0.15) is 11.5 Å². The Morgan fingerprint density at radius 3 is 3.05 bits per heavy atom. The van der Waals surface area contributed by atoms with Gasteiger partial charge in [-0.1, -0.05) is 0 Å². The second kappa shape index (κ2) is 5.73. The van der Waals surface area contributed by atoms with Gasteiger partial charge in [-0.3, -0.25) is 4.79 Å². The Balaban J connectivity index is 1.53. The molecule has 0 unspecified atom stereocenters. The van der Waals surface area contributed by atoms with E-state index in [1.807, 2.05) is 26.1 Å². The smallest absolute Gasteiger partial charge is 0.267 e. The molecule has 0 aliphatic rings. The molecule has 0 saturated carbocycles. The van der Waals surface area contributed by atoms with E-state index >= 15 is 0 Å². The van der Waals surface area contributed by atoms with E-state index in [2.05, 4.69) is 25.2 Å². The first kappa shape index (κ1) is 13.9. The number of rotatable bonds is 5. The van der Waals surface area contributed by atoms with Crippen LogP contribution in [-0.2, 0) is 6.54 Å². The molecule has 1 amide bonds. The summed E-state index contributed by atoms with van der Waals surface area (Å²) in [5, 5.41) is 5.05. The third-order valence-electron chi connectivity index (χ3n) is 3.57. The van der Waals surface area contributed by atoms with E-state index in [9.17, 15) is 4.79 Å². The van der Waals surface area contributed by atoms with Gasteiger partial charge in [0.05, 0.1) is 10.2 Å². The summed E-state index contributed by atoms with van der Waals surface area (Å²) in [7, 11) is 0. The number of nitrogens with zero attached hydrogens (tertiary/aromatic N) is 2. The molecule has 0 radical (unpaired) electrons. The second-order valence-electron chi connectivity index (χ2n) is 5.12. The first-order valence-electron chi connectivity index (χ1n) is 6.98. The summed E-state index contributed by atoms with van der Waals surface area (Å²) in [4.78, 5) is 19.5. The average molecular weight is 302 g/mol. The van der Waals surface area contributed by atoms with Gasteiger partial charge in [-0.05, 0) is 37.3 Å². The average Bonchev–Trinajstić information content (AvgIpc) is 3.14. The summed E-state index contributed by atoms with van der Waals surface area (Å²) in [6.07, 6.45) is 4.64. The molecule has 3 heterocycles. The number of aromatic amines is 1. The highest BCUT2D eigenvalue weighted by Crippen LogP contribution is 2.25. The number of aryl methyl sites for hydroxylation is 3. The van der Waals surface area contributed by atoms with Crippen LogP contribution in [-0.4, -0.2) is 27.0 Å². The molecule has 3 aromatic rings. The van der Waals surface area contributed by atoms with E-state index in [-0.39, 0.29) is 5.91 Å². The van der Waals surface area contributed by atoms with Crippen LogP contribution in [0.2, 0.25) is 0 Å². The number of amides is 1. The van der Waals surface area contributed by atoms with Crippen molar-refractivity contribution in [1.29, 1.82) is 0 Å². The molecule has 0 aromatic carbocycles. The number of thiophene rings is 1. The van der Waals surface area contributed by atoms with E-state index in [4.69, 9.17) is 0 Å². The van der Waals surface area contributed by atoms with Crippen LogP contribution in [0.4, 0.5) is 0 Å². The van der Waals surface area contributed by atoms with Gasteiger partial charge in [0.2, 0.25) is 0 Å². The van der Waals surface area contributed by atoms with Gasteiger partial charge in [0.15, 0.2) is 0 Å². The zero-order valence-electron chi connectivity index (χ0n) is 12.1. The van der Waals surface area contributed by atoms with Crippen molar-refractivity contribution >= 4 is 27.5 Å². The monoisotopic (exact) mass is 302 g/mol. The number of aromatic nitrogens is 3. The highest BCUT2D eigenvalue weighted by molar-refractivity contribution is 7.17. The summed E-state index contributed by atoms with van der Waals surface area (Å²) >= 11 is 1.66. The molecule has 0 aliphatic heterocycles. The highest BCUT2D eigenvalue weighted by atomic mass is 32.1. The Hall–Kier alpha value is -2.08. The highest BCUT2D eigenvalue weighted by Gasteiger charge is 2.11. The number of nitrogens with one attached hydrogen (secondary N) is 2. The van der Waals surface area contributed by atoms with Crippen molar-refractivity contribution in [3.63, 3.8) is 0 Å². The van der Waals surface area contributed by atoms with Gasteiger partial charge >= 0.3 is 0 Å². The van der Waals surface area contributed by atoms with E-state index in [0.29, 0.717) is 12.2 Å². The van der Waals surface area contributed by atoms with E-state index in [0.717, 1.165) is 29.0 Å². The minimum absolute atomic E-state index is 0.0415. The maximum Gasteiger partial charge on any atom is 0.267 e. The number of imidazole rings is 1. The third kappa shape index (κ3) is 2.85. The quantitative estimate of drug-likeness (QED) is 0.712. The molecule has 0 fully saturated rings. The molecule has 5 nitrogen and oxygen atoms in total. The summed E-state index contributed by atoms with van der Waals surface area (Å²) in [5.41, 5.74) is 2.89. The normalized spacial score (nSPS) is 11.1. The molecule has 3 aromatic heterocycles. The topological polar surface area (TPSA) is 62.7 Å². The number of fused-ring (bicyclic) bond motifs is 1. The maximum absolute atomic E-state index is 12.1. The standard InChI is InChI=1S/C15H18N4OS/c1-10-9-21-13-8-12(18-14(10)13)15(20)17-4-3-6-19-7-5-16-11(19)2/h5,7-9,18H,3-4,6H2,1-2H3,(H,17,20). The molecule has 0 aliphatic carbocycles. The molecule has 0 spiro atoms. The first-order chi connectivity index (χ1) is 10.1. The van der Waals surface area contributed by atoms with Crippen molar-refractivity contribution in [3.8, 4) is 0 Å². The summed E-state index contributed by atoms with van der Waals surface area (Å²) in [6.45, 7) is 5.55.